The Hall–Kier alpha value is -0.510. The van der Waals surface area contributed by atoms with Crippen LogP contribution in [0, 0.1) is 26.7 Å². The van der Waals surface area contributed by atoms with E-state index in [1.807, 2.05) is 11.8 Å². The molecule has 2 N–H and O–H groups in total. The molecule has 2 atom stereocenters. The number of benzene rings is 1. The summed E-state index contributed by atoms with van der Waals surface area (Å²) < 4.78 is 0. The van der Waals surface area contributed by atoms with Crippen molar-refractivity contribution < 1.29 is 5.11 Å². The van der Waals surface area contributed by atoms with Crippen LogP contribution >= 0.6 is 11.8 Å². The molecule has 0 heterocycles. The lowest BCUT2D eigenvalue weighted by Crippen LogP contribution is -2.26. The first-order valence-electron chi connectivity index (χ1n) is 7.99. The second-order valence-electron chi connectivity index (χ2n) is 6.14. The molecule has 1 aromatic rings. The number of hydrogen-bond donors (Lipinski definition) is 2. The summed E-state index contributed by atoms with van der Waals surface area (Å²) in [5.41, 5.74) is 5.57. The smallest absolute Gasteiger partial charge is 0.0464 e. The Morgan fingerprint density at radius 3 is 2.29 bits per heavy atom. The van der Waals surface area contributed by atoms with Gasteiger partial charge < -0.3 is 10.4 Å². The summed E-state index contributed by atoms with van der Waals surface area (Å²) in [5, 5.41) is 12.8. The van der Waals surface area contributed by atoms with Crippen LogP contribution in [-0.4, -0.2) is 29.8 Å². The second-order valence-corrected chi connectivity index (χ2v) is 7.22. The third-order valence-electron chi connectivity index (χ3n) is 3.73. The van der Waals surface area contributed by atoms with Gasteiger partial charge in [-0.25, -0.2) is 0 Å². The van der Waals surface area contributed by atoms with E-state index in [0.717, 1.165) is 24.5 Å². The van der Waals surface area contributed by atoms with E-state index in [9.17, 15) is 0 Å². The zero-order valence-electron chi connectivity index (χ0n) is 14.2. The van der Waals surface area contributed by atoms with Gasteiger partial charge in [0.15, 0.2) is 0 Å². The molecule has 3 heteroatoms. The van der Waals surface area contributed by atoms with Crippen molar-refractivity contribution in [1.82, 2.24) is 5.32 Å². The summed E-state index contributed by atoms with van der Waals surface area (Å²) in [6.45, 7) is 12.2. The molecule has 0 bridgehead atoms. The van der Waals surface area contributed by atoms with Crippen LogP contribution in [0.4, 0.5) is 0 Å². The standard InChI is InChI=1S/C18H31NOS/c1-6-7-19-17(12-21-11-14(3)10-20)18-15(4)8-13(2)9-16(18)5/h8-9,14,17,19-20H,6-7,10-12H2,1-5H3. The van der Waals surface area contributed by atoms with E-state index in [1.165, 1.54) is 22.3 Å². The Morgan fingerprint density at radius 2 is 1.76 bits per heavy atom. The number of aryl methyl sites for hydroxylation is 3. The van der Waals surface area contributed by atoms with Crippen LogP contribution in [0.25, 0.3) is 0 Å². The summed E-state index contributed by atoms with van der Waals surface area (Å²) in [4.78, 5) is 0. The summed E-state index contributed by atoms with van der Waals surface area (Å²) in [6.07, 6.45) is 1.15. The largest absolute Gasteiger partial charge is 0.396 e. The van der Waals surface area contributed by atoms with Crippen LogP contribution in [0.15, 0.2) is 12.1 Å². The molecular formula is C18H31NOS. The van der Waals surface area contributed by atoms with Crippen LogP contribution in [0.5, 0.6) is 0 Å². The molecule has 21 heavy (non-hydrogen) atoms. The van der Waals surface area contributed by atoms with Crippen molar-refractivity contribution in [1.29, 1.82) is 0 Å². The number of rotatable bonds is 9. The number of aliphatic hydroxyl groups excluding tert-OH is 1. The van der Waals surface area contributed by atoms with E-state index in [2.05, 4.69) is 52.1 Å². The van der Waals surface area contributed by atoms with Gasteiger partial charge in [-0.1, -0.05) is 31.5 Å². The summed E-state index contributed by atoms with van der Waals surface area (Å²) >= 11 is 1.94. The van der Waals surface area contributed by atoms with Gasteiger partial charge in [-0.15, -0.1) is 0 Å². The highest BCUT2D eigenvalue weighted by atomic mass is 32.2. The first kappa shape index (κ1) is 18.5. The lowest BCUT2D eigenvalue weighted by Gasteiger charge is -2.24. The van der Waals surface area contributed by atoms with Gasteiger partial charge in [0.25, 0.3) is 0 Å². The summed E-state index contributed by atoms with van der Waals surface area (Å²) in [6, 6.07) is 4.97. The molecule has 1 aromatic carbocycles. The fourth-order valence-corrected chi connectivity index (χ4v) is 3.91. The quantitative estimate of drug-likeness (QED) is 0.723. The Balaban J connectivity index is 2.82. The molecule has 2 nitrogen and oxygen atoms in total. The minimum atomic E-state index is 0.280. The molecule has 0 saturated carbocycles. The molecule has 120 valence electrons. The summed E-state index contributed by atoms with van der Waals surface area (Å²) in [7, 11) is 0. The van der Waals surface area contributed by atoms with Gasteiger partial charge in [-0.2, -0.15) is 11.8 Å². The van der Waals surface area contributed by atoms with Gasteiger partial charge in [-0.3, -0.25) is 0 Å². The van der Waals surface area contributed by atoms with E-state index in [4.69, 9.17) is 5.11 Å². The topological polar surface area (TPSA) is 32.3 Å². The molecule has 2 unspecified atom stereocenters. The molecule has 1 rings (SSSR count). The zero-order chi connectivity index (χ0) is 15.8. The lowest BCUT2D eigenvalue weighted by atomic mass is 9.95. The van der Waals surface area contributed by atoms with Gasteiger partial charge in [-0.05, 0) is 62.1 Å². The maximum atomic E-state index is 9.15. The maximum absolute atomic E-state index is 9.15. The molecule has 0 amide bonds. The van der Waals surface area contributed by atoms with Crippen LogP contribution in [0.1, 0.15) is 48.6 Å². The van der Waals surface area contributed by atoms with E-state index >= 15 is 0 Å². The Morgan fingerprint density at radius 1 is 1.14 bits per heavy atom. The van der Waals surface area contributed by atoms with Gasteiger partial charge >= 0.3 is 0 Å². The minimum Gasteiger partial charge on any atom is -0.396 e. The second kappa shape index (κ2) is 9.50. The fraction of sp³-hybridized carbons (Fsp3) is 0.667. The number of thioether (sulfide) groups is 1. The number of hydrogen-bond acceptors (Lipinski definition) is 3. The third-order valence-corrected chi connectivity index (χ3v) is 5.10. The molecule has 0 aliphatic heterocycles. The van der Waals surface area contributed by atoms with Gasteiger partial charge in [0.2, 0.25) is 0 Å². The molecule has 0 aliphatic carbocycles. The predicted octanol–water partition coefficient (Wildman–Crippen LogP) is 4.01. The molecule has 0 saturated heterocycles. The number of nitrogens with one attached hydrogen (secondary N) is 1. The van der Waals surface area contributed by atoms with Crippen molar-refractivity contribution in [3.63, 3.8) is 0 Å². The Bertz CT molecular complexity index is 410. The van der Waals surface area contributed by atoms with Crippen molar-refractivity contribution in [3.8, 4) is 0 Å². The molecule has 0 aromatic heterocycles. The molecular weight excluding hydrogens is 278 g/mol. The van der Waals surface area contributed by atoms with Crippen LogP contribution in [-0.2, 0) is 0 Å². The van der Waals surface area contributed by atoms with Crippen molar-refractivity contribution in [2.75, 3.05) is 24.7 Å². The van der Waals surface area contributed by atoms with Crippen LogP contribution in [0.2, 0.25) is 0 Å². The maximum Gasteiger partial charge on any atom is 0.0464 e. The SMILES string of the molecule is CCCNC(CSCC(C)CO)c1c(C)cc(C)cc1C. The van der Waals surface area contributed by atoms with Crippen molar-refractivity contribution in [3.05, 3.63) is 34.4 Å². The molecule has 0 aliphatic rings. The van der Waals surface area contributed by atoms with Gasteiger partial charge in [0.1, 0.15) is 0 Å². The highest BCUT2D eigenvalue weighted by Gasteiger charge is 2.16. The normalized spacial score (nSPS) is 14.2. The third kappa shape index (κ3) is 6.01. The molecule has 0 spiro atoms. The summed E-state index contributed by atoms with van der Waals surface area (Å²) in [5.74, 6) is 2.46. The van der Waals surface area contributed by atoms with Gasteiger partial charge in [0.05, 0.1) is 0 Å². The van der Waals surface area contributed by atoms with Crippen molar-refractivity contribution in [2.24, 2.45) is 5.92 Å². The van der Waals surface area contributed by atoms with E-state index in [1.54, 1.807) is 0 Å². The zero-order valence-corrected chi connectivity index (χ0v) is 15.0. The predicted molar refractivity (Wildman–Crippen MR) is 95.3 cm³/mol. The van der Waals surface area contributed by atoms with Gasteiger partial charge in [0, 0.05) is 18.4 Å². The highest BCUT2D eigenvalue weighted by Crippen LogP contribution is 2.27. The van der Waals surface area contributed by atoms with Crippen LogP contribution in [0.3, 0.4) is 0 Å². The number of aliphatic hydroxyl groups is 1. The Kier molecular flexibility index (Phi) is 8.38. The Labute approximate surface area is 134 Å². The van der Waals surface area contributed by atoms with Crippen molar-refractivity contribution >= 4 is 11.8 Å². The van der Waals surface area contributed by atoms with Crippen molar-refractivity contribution in [2.45, 2.75) is 47.1 Å². The van der Waals surface area contributed by atoms with E-state index < -0.39 is 0 Å². The minimum absolute atomic E-state index is 0.280. The monoisotopic (exact) mass is 309 g/mol. The first-order valence-corrected chi connectivity index (χ1v) is 9.14. The highest BCUT2D eigenvalue weighted by molar-refractivity contribution is 7.99. The van der Waals surface area contributed by atoms with E-state index in [-0.39, 0.29) is 6.61 Å². The van der Waals surface area contributed by atoms with Crippen LogP contribution < -0.4 is 5.32 Å². The van der Waals surface area contributed by atoms with E-state index in [0.29, 0.717) is 12.0 Å². The fourth-order valence-electron chi connectivity index (χ4n) is 2.74. The average Bonchev–Trinajstić information content (AvgIpc) is 2.42. The molecule has 0 radical (unpaired) electrons. The lowest BCUT2D eigenvalue weighted by molar-refractivity contribution is 0.250. The molecule has 0 fully saturated rings. The average molecular weight is 310 g/mol. The first-order chi connectivity index (χ1) is 9.99.